The molecule has 0 aliphatic carbocycles. The Labute approximate surface area is 127 Å². The Balaban J connectivity index is 2.06. The van der Waals surface area contributed by atoms with E-state index >= 15 is 0 Å². The smallest absolute Gasteiger partial charge is 0.123 e. The van der Waals surface area contributed by atoms with Gasteiger partial charge in [-0.3, -0.25) is 4.68 Å². The molecule has 2 heterocycles. The lowest BCUT2D eigenvalue weighted by atomic mass is 10.1. The van der Waals surface area contributed by atoms with Gasteiger partial charge in [-0.05, 0) is 31.9 Å². The molecule has 0 radical (unpaired) electrons. The highest BCUT2D eigenvalue weighted by Crippen LogP contribution is 2.18. The number of imidazole rings is 1. The van der Waals surface area contributed by atoms with E-state index in [0.717, 1.165) is 43.7 Å². The Kier molecular flexibility index (Phi) is 5.99. The zero-order valence-corrected chi connectivity index (χ0v) is 13.3. The average Bonchev–Trinajstić information content (AvgIpc) is 3.16. The van der Waals surface area contributed by atoms with Gasteiger partial charge in [0.05, 0.1) is 17.8 Å². The molecule has 0 saturated heterocycles. The number of nitrogens with one attached hydrogen (secondary N) is 2. The standard InChI is InChI=1S/C16H27N5/c1-4-8-17-15(16-18-9-10-19-16)12-13-7-11-21(20-13)14(5-2)6-3/h7,9-11,14-15,17H,4-6,8,12H2,1-3H3,(H,18,19). The molecule has 2 N–H and O–H groups in total. The van der Waals surface area contributed by atoms with Gasteiger partial charge in [0.2, 0.25) is 0 Å². The van der Waals surface area contributed by atoms with E-state index in [2.05, 4.69) is 53.0 Å². The summed E-state index contributed by atoms with van der Waals surface area (Å²) >= 11 is 0. The highest BCUT2D eigenvalue weighted by Gasteiger charge is 2.16. The van der Waals surface area contributed by atoms with E-state index in [1.54, 1.807) is 6.20 Å². The first-order valence-electron chi connectivity index (χ1n) is 8.05. The molecule has 5 heteroatoms. The van der Waals surface area contributed by atoms with Crippen molar-refractivity contribution >= 4 is 0 Å². The number of rotatable bonds is 9. The van der Waals surface area contributed by atoms with Crippen LogP contribution < -0.4 is 5.32 Å². The van der Waals surface area contributed by atoms with Crippen LogP contribution in [0.1, 0.15) is 63.6 Å². The van der Waals surface area contributed by atoms with Crippen LogP contribution in [-0.4, -0.2) is 26.3 Å². The van der Waals surface area contributed by atoms with Crippen LogP contribution in [0.4, 0.5) is 0 Å². The van der Waals surface area contributed by atoms with Crippen LogP contribution >= 0.6 is 0 Å². The summed E-state index contributed by atoms with van der Waals surface area (Å²) in [6.07, 6.45) is 9.99. The second-order valence-corrected chi connectivity index (χ2v) is 5.44. The first-order valence-corrected chi connectivity index (χ1v) is 8.05. The Morgan fingerprint density at radius 2 is 2.10 bits per heavy atom. The number of hydrogen-bond acceptors (Lipinski definition) is 3. The maximum Gasteiger partial charge on any atom is 0.123 e. The van der Waals surface area contributed by atoms with Gasteiger partial charge in [0.1, 0.15) is 5.82 Å². The third-order valence-electron chi connectivity index (χ3n) is 3.88. The summed E-state index contributed by atoms with van der Waals surface area (Å²) in [7, 11) is 0. The summed E-state index contributed by atoms with van der Waals surface area (Å²) < 4.78 is 2.11. The lowest BCUT2D eigenvalue weighted by molar-refractivity contribution is 0.421. The molecule has 1 unspecified atom stereocenters. The monoisotopic (exact) mass is 289 g/mol. The third-order valence-corrected chi connectivity index (χ3v) is 3.88. The highest BCUT2D eigenvalue weighted by molar-refractivity contribution is 5.07. The molecular weight excluding hydrogens is 262 g/mol. The predicted octanol–water partition coefficient (Wildman–Crippen LogP) is 3.25. The summed E-state index contributed by atoms with van der Waals surface area (Å²) in [5, 5.41) is 8.29. The Hall–Kier alpha value is -1.62. The fourth-order valence-corrected chi connectivity index (χ4v) is 2.61. The normalized spacial score (nSPS) is 13.0. The summed E-state index contributed by atoms with van der Waals surface area (Å²) in [5.41, 5.74) is 1.12. The van der Waals surface area contributed by atoms with E-state index in [9.17, 15) is 0 Å². The zero-order chi connectivity index (χ0) is 15.1. The molecule has 0 aliphatic heterocycles. The largest absolute Gasteiger partial charge is 0.347 e. The van der Waals surface area contributed by atoms with Crippen LogP contribution in [0, 0.1) is 0 Å². The number of aromatic amines is 1. The molecule has 0 bridgehead atoms. The molecule has 2 aromatic heterocycles. The second-order valence-electron chi connectivity index (χ2n) is 5.44. The maximum absolute atomic E-state index is 4.75. The fourth-order valence-electron chi connectivity index (χ4n) is 2.61. The number of nitrogens with zero attached hydrogens (tertiary/aromatic N) is 3. The van der Waals surface area contributed by atoms with E-state index in [4.69, 9.17) is 5.10 Å². The van der Waals surface area contributed by atoms with Crippen molar-refractivity contribution in [1.29, 1.82) is 0 Å². The molecular formula is C16H27N5. The van der Waals surface area contributed by atoms with Gasteiger partial charge in [-0.2, -0.15) is 5.10 Å². The van der Waals surface area contributed by atoms with Crippen molar-refractivity contribution < 1.29 is 0 Å². The molecule has 0 spiro atoms. The first kappa shape index (κ1) is 15.8. The number of aromatic nitrogens is 4. The topological polar surface area (TPSA) is 58.5 Å². The lowest BCUT2D eigenvalue weighted by Gasteiger charge is -2.16. The number of H-pyrrole nitrogens is 1. The van der Waals surface area contributed by atoms with Gasteiger partial charge in [0.25, 0.3) is 0 Å². The van der Waals surface area contributed by atoms with Crippen molar-refractivity contribution in [2.24, 2.45) is 0 Å². The molecule has 0 saturated carbocycles. The second kappa shape index (κ2) is 7.98. The van der Waals surface area contributed by atoms with Gasteiger partial charge >= 0.3 is 0 Å². The zero-order valence-electron chi connectivity index (χ0n) is 13.3. The molecule has 2 aromatic rings. The van der Waals surface area contributed by atoms with Crippen molar-refractivity contribution in [1.82, 2.24) is 25.1 Å². The van der Waals surface area contributed by atoms with E-state index < -0.39 is 0 Å². The van der Waals surface area contributed by atoms with Crippen molar-refractivity contribution in [2.75, 3.05) is 6.54 Å². The molecule has 0 fully saturated rings. The van der Waals surface area contributed by atoms with E-state index in [1.165, 1.54) is 0 Å². The summed E-state index contributed by atoms with van der Waals surface area (Å²) in [4.78, 5) is 7.60. The molecule has 2 rings (SSSR count). The van der Waals surface area contributed by atoms with E-state index in [-0.39, 0.29) is 6.04 Å². The van der Waals surface area contributed by atoms with E-state index in [0.29, 0.717) is 6.04 Å². The van der Waals surface area contributed by atoms with Gasteiger partial charge in [-0.25, -0.2) is 4.98 Å². The molecule has 0 aromatic carbocycles. The molecule has 0 amide bonds. The molecule has 5 nitrogen and oxygen atoms in total. The SMILES string of the molecule is CCCNC(Cc1ccn(C(CC)CC)n1)c1ncc[nH]1. The van der Waals surface area contributed by atoms with Crippen LogP contribution in [0.5, 0.6) is 0 Å². The van der Waals surface area contributed by atoms with Crippen LogP contribution in [0.25, 0.3) is 0 Å². The van der Waals surface area contributed by atoms with E-state index in [1.807, 2.05) is 6.20 Å². The van der Waals surface area contributed by atoms with Gasteiger partial charge in [-0.1, -0.05) is 20.8 Å². The van der Waals surface area contributed by atoms with Crippen LogP contribution in [0.2, 0.25) is 0 Å². The Morgan fingerprint density at radius 1 is 1.29 bits per heavy atom. The van der Waals surface area contributed by atoms with Crippen molar-refractivity contribution in [2.45, 2.75) is 58.5 Å². The number of hydrogen-bond donors (Lipinski definition) is 2. The predicted molar refractivity (Wildman–Crippen MR) is 85.2 cm³/mol. The fraction of sp³-hybridized carbons (Fsp3) is 0.625. The molecule has 21 heavy (non-hydrogen) atoms. The highest BCUT2D eigenvalue weighted by atomic mass is 15.3. The van der Waals surface area contributed by atoms with Crippen LogP contribution in [0.15, 0.2) is 24.7 Å². The van der Waals surface area contributed by atoms with Crippen molar-refractivity contribution in [3.05, 3.63) is 36.2 Å². The van der Waals surface area contributed by atoms with Crippen LogP contribution in [0.3, 0.4) is 0 Å². The van der Waals surface area contributed by atoms with Crippen molar-refractivity contribution in [3.8, 4) is 0 Å². The molecule has 0 aliphatic rings. The molecule has 1 atom stereocenters. The maximum atomic E-state index is 4.75. The van der Waals surface area contributed by atoms with Gasteiger partial charge in [-0.15, -0.1) is 0 Å². The molecule has 116 valence electrons. The van der Waals surface area contributed by atoms with Gasteiger partial charge in [0.15, 0.2) is 0 Å². The minimum atomic E-state index is 0.199. The third kappa shape index (κ3) is 4.17. The Morgan fingerprint density at radius 3 is 2.71 bits per heavy atom. The van der Waals surface area contributed by atoms with Crippen molar-refractivity contribution in [3.63, 3.8) is 0 Å². The lowest BCUT2D eigenvalue weighted by Crippen LogP contribution is -2.25. The summed E-state index contributed by atoms with van der Waals surface area (Å²) in [6, 6.07) is 2.83. The van der Waals surface area contributed by atoms with Gasteiger partial charge in [0, 0.05) is 25.0 Å². The quantitative estimate of drug-likeness (QED) is 0.745. The summed E-state index contributed by atoms with van der Waals surface area (Å²) in [5.74, 6) is 0.987. The Bertz CT molecular complexity index is 498. The summed E-state index contributed by atoms with van der Waals surface area (Å²) in [6.45, 7) is 7.58. The minimum Gasteiger partial charge on any atom is -0.347 e. The first-order chi connectivity index (χ1) is 10.3. The minimum absolute atomic E-state index is 0.199. The van der Waals surface area contributed by atoms with Crippen LogP contribution in [-0.2, 0) is 6.42 Å². The van der Waals surface area contributed by atoms with Gasteiger partial charge < -0.3 is 10.3 Å². The average molecular weight is 289 g/mol.